The Bertz CT molecular complexity index is 479. The number of para-hydroxylation sites is 2. The van der Waals surface area contributed by atoms with Gasteiger partial charge in [-0.15, -0.1) is 0 Å². The number of ether oxygens (including phenoxy) is 1. The van der Waals surface area contributed by atoms with Gasteiger partial charge in [0, 0.05) is 11.1 Å². The second kappa shape index (κ2) is 3.63. The van der Waals surface area contributed by atoms with Crippen LogP contribution in [-0.4, -0.2) is 0 Å². The van der Waals surface area contributed by atoms with Crippen LogP contribution in [0.15, 0.2) is 48.5 Å². The van der Waals surface area contributed by atoms with Gasteiger partial charge in [-0.25, -0.2) is 5.43 Å². The van der Waals surface area contributed by atoms with Gasteiger partial charge >= 0.3 is 0 Å². The predicted octanol–water partition coefficient (Wildman–Crippen LogP) is 2.34. The van der Waals surface area contributed by atoms with Crippen LogP contribution in [0.1, 0.15) is 17.2 Å². The SMILES string of the molecule is NNC1c2ccccc2Oc2ccccc21. The van der Waals surface area contributed by atoms with Crippen LogP contribution in [0.2, 0.25) is 0 Å². The van der Waals surface area contributed by atoms with E-state index in [1.54, 1.807) is 0 Å². The molecule has 80 valence electrons. The largest absolute Gasteiger partial charge is 0.457 e. The molecule has 3 N–H and O–H groups in total. The fourth-order valence-electron chi connectivity index (χ4n) is 2.09. The molecule has 0 radical (unpaired) electrons. The molecular weight excluding hydrogens is 200 g/mol. The van der Waals surface area contributed by atoms with Crippen LogP contribution in [-0.2, 0) is 0 Å². The summed E-state index contributed by atoms with van der Waals surface area (Å²) < 4.78 is 5.81. The van der Waals surface area contributed by atoms with Crippen LogP contribution in [0, 0.1) is 0 Å². The molecule has 16 heavy (non-hydrogen) atoms. The van der Waals surface area contributed by atoms with E-state index in [9.17, 15) is 0 Å². The van der Waals surface area contributed by atoms with Crippen LogP contribution in [0.4, 0.5) is 0 Å². The average molecular weight is 212 g/mol. The van der Waals surface area contributed by atoms with Crippen molar-refractivity contribution in [2.45, 2.75) is 6.04 Å². The van der Waals surface area contributed by atoms with Crippen molar-refractivity contribution < 1.29 is 4.74 Å². The Hall–Kier alpha value is -1.84. The lowest BCUT2D eigenvalue weighted by atomic mass is 9.95. The molecule has 0 saturated carbocycles. The molecule has 2 aromatic rings. The van der Waals surface area contributed by atoms with Crippen LogP contribution in [0.25, 0.3) is 0 Å². The first-order valence-electron chi connectivity index (χ1n) is 5.22. The summed E-state index contributed by atoms with van der Waals surface area (Å²) in [5.74, 6) is 7.36. The minimum absolute atomic E-state index is 0.00106. The summed E-state index contributed by atoms with van der Waals surface area (Å²) in [6, 6.07) is 15.8. The van der Waals surface area contributed by atoms with E-state index in [2.05, 4.69) is 5.43 Å². The van der Waals surface area contributed by atoms with Gasteiger partial charge < -0.3 is 4.74 Å². The molecule has 0 aliphatic carbocycles. The maximum absolute atomic E-state index is 5.81. The van der Waals surface area contributed by atoms with Crippen LogP contribution in [0.3, 0.4) is 0 Å². The molecule has 3 heteroatoms. The molecule has 0 amide bonds. The second-order valence-corrected chi connectivity index (χ2v) is 3.78. The van der Waals surface area contributed by atoms with Gasteiger partial charge in [0.1, 0.15) is 11.5 Å². The van der Waals surface area contributed by atoms with E-state index in [0.717, 1.165) is 22.6 Å². The molecular formula is C13H12N2O. The third kappa shape index (κ3) is 1.30. The standard InChI is InChI=1S/C13H12N2O/c14-15-13-9-5-1-3-7-11(9)16-12-8-4-2-6-10(12)13/h1-8,13,15H,14H2. The molecule has 0 aromatic heterocycles. The fraction of sp³-hybridized carbons (Fsp3) is 0.0769. The quantitative estimate of drug-likeness (QED) is 0.563. The minimum Gasteiger partial charge on any atom is -0.457 e. The zero-order chi connectivity index (χ0) is 11.0. The Kier molecular flexibility index (Phi) is 2.13. The van der Waals surface area contributed by atoms with Gasteiger partial charge in [0.05, 0.1) is 6.04 Å². The number of rotatable bonds is 1. The van der Waals surface area contributed by atoms with Gasteiger partial charge in [0.25, 0.3) is 0 Å². The van der Waals surface area contributed by atoms with Crippen molar-refractivity contribution >= 4 is 0 Å². The maximum Gasteiger partial charge on any atom is 0.132 e. The third-order valence-corrected chi connectivity index (χ3v) is 2.85. The Morgan fingerprint density at radius 2 is 1.38 bits per heavy atom. The van der Waals surface area contributed by atoms with Gasteiger partial charge in [0.15, 0.2) is 0 Å². The first-order valence-corrected chi connectivity index (χ1v) is 5.22. The summed E-state index contributed by atoms with van der Waals surface area (Å²) in [6.45, 7) is 0. The zero-order valence-corrected chi connectivity index (χ0v) is 8.68. The van der Waals surface area contributed by atoms with E-state index < -0.39 is 0 Å². The smallest absolute Gasteiger partial charge is 0.132 e. The van der Waals surface area contributed by atoms with Crippen molar-refractivity contribution in [3.8, 4) is 11.5 Å². The molecule has 1 aliphatic rings. The molecule has 2 aromatic carbocycles. The number of hydrazine groups is 1. The molecule has 0 fully saturated rings. The maximum atomic E-state index is 5.81. The number of nitrogens with two attached hydrogens (primary N) is 1. The number of hydrogen-bond donors (Lipinski definition) is 2. The minimum atomic E-state index is 0.00106. The van der Waals surface area contributed by atoms with Crippen LogP contribution in [0.5, 0.6) is 11.5 Å². The molecule has 3 rings (SSSR count). The average Bonchev–Trinajstić information content (AvgIpc) is 2.36. The zero-order valence-electron chi connectivity index (χ0n) is 8.68. The highest BCUT2D eigenvalue weighted by Crippen LogP contribution is 2.41. The molecule has 1 aliphatic heterocycles. The molecule has 0 unspecified atom stereocenters. The topological polar surface area (TPSA) is 47.3 Å². The van der Waals surface area contributed by atoms with Crippen LogP contribution < -0.4 is 16.0 Å². The number of hydrogen-bond acceptors (Lipinski definition) is 3. The van der Waals surface area contributed by atoms with Gasteiger partial charge in [-0.2, -0.15) is 0 Å². The predicted molar refractivity (Wildman–Crippen MR) is 62.1 cm³/mol. The first-order chi connectivity index (χ1) is 7.90. The Labute approximate surface area is 93.8 Å². The van der Waals surface area contributed by atoms with E-state index in [4.69, 9.17) is 10.6 Å². The molecule has 0 spiro atoms. The van der Waals surface area contributed by atoms with Gasteiger partial charge in [-0.3, -0.25) is 5.84 Å². The van der Waals surface area contributed by atoms with Crippen molar-refractivity contribution in [2.24, 2.45) is 5.84 Å². The number of nitrogens with one attached hydrogen (secondary N) is 1. The van der Waals surface area contributed by atoms with Crippen molar-refractivity contribution in [3.05, 3.63) is 59.7 Å². The van der Waals surface area contributed by atoms with Crippen molar-refractivity contribution in [1.29, 1.82) is 0 Å². The normalized spacial score (nSPS) is 13.8. The molecule has 0 saturated heterocycles. The molecule has 0 atom stereocenters. The lowest BCUT2D eigenvalue weighted by molar-refractivity contribution is 0.430. The van der Waals surface area contributed by atoms with Gasteiger partial charge in [-0.05, 0) is 12.1 Å². The van der Waals surface area contributed by atoms with E-state index in [-0.39, 0.29) is 6.04 Å². The molecule has 3 nitrogen and oxygen atoms in total. The Balaban J connectivity index is 2.19. The van der Waals surface area contributed by atoms with Crippen molar-refractivity contribution in [1.82, 2.24) is 5.43 Å². The van der Waals surface area contributed by atoms with Crippen LogP contribution >= 0.6 is 0 Å². The monoisotopic (exact) mass is 212 g/mol. The van der Waals surface area contributed by atoms with E-state index >= 15 is 0 Å². The molecule has 0 bridgehead atoms. The Morgan fingerprint density at radius 1 is 0.875 bits per heavy atom. The summed E-state index contributed by atoms with van der Waals surface area (Å²) in [5, 5.41) is 0. The number of benzene rings is 2. The third-order valence-electron chi connectivity index (χ3n) is 2.85. The van der Waals surface area contributed by atoms with Gasteiger partial charge in [0.2, 0.25) is 0 Å². The Morgan fingerprint density at radius 3 is 1.88 bits per heavy atom. The summed E-state index contributed by atoms with van der Waals surface area (Å²) >= 11 is 0. The lowest BCUT2D eigenvalue weighted by Crippen LogP contribution is -2.30. The first kappa shape index (κ1) is 9.39. The van der Waals surface area contributed by atoms with E-state index in [1.807, 2.05) is 48.5 Å². The summed E-state index contributed by atoms with van der Waals surface area (Å²) in [4.78, 5) is 0. The highest BCUT2D eigenvalue weighted by molar-refractivity contribution is 5.52. The second-order valence-electron chi connectivity index (χ2n) is 3.78. The van der Waals surface area contributed by atoms with Crippen molar-refractivity contribution in [2.75, 3.05) is 0 Å². The van der Waals surface area contributed by atoms with Gasteiger partial charge in [-0.1, -0.05) is 36.4 Å². The molecule has 1 heterocycles. The summed E-state index contributed by atoms with van der Waals surface area (Å²) in [5.41, 5.74) is 4.98. The van der Waals surface area contributed by atoms with E-state index in [0.29, 0.717) is 0 Å². The lowest BCUT2D eigenvalue weighted by Gasteiger charge is -2.27. The number of fused-ring (bicyclic) bond motifs is 2. The highest BCUT2D eigenvalue weighted by atomic mass is 16.5. The highest BCUT2D eigenvalue weighted by Gasteiger charge is 2.25. The summed E-state index contributed by atoms with van der Waals surface area (Å²) in [6.07, 6.45) is 0. The fourth-order valence-corrected chi connectivity index (χ4v) is 2.09. The van der Waals surface area contributed by atoms with Crippen molar-refractivity contribution in [3.63, 3.8) is 0 Å². The summed E-state index contributed by atoms with van der Waals surface area (Å²) in [7, 11) is 0. The van der Waals surface area contributed by atoms with E-state index in [1.165, 1.54) is 0 Å².